The molecule has 0 unspecified atom stereocenters. The highest BCUT2D eigenvalue weighted by atomic mass is 16.6. The molecule has 1 N–H and O–H groups in total. The number of carbonyl (C=O) groups is 2. The molecular weight excluding hydrogens is 340 g/mol. The fourth-order valence-electron chi connectivity index (χ4n) is 3.04. The van der Waals surface area contributed by atoms with Gasteiger partial charge >= 0.3 is 11.7 Å². The van der Waals surface area contributed by atoms with Gasteiger partial charge in [-0.2, -0.15) is 0 Å². The second-order valence-corrected chi connectivity index (χ2v) is 6.33. The Bertz CT molecular complexity index is 653. The normalized spacial score (nSPS) is 15.4. The number of hydrogen-bond acceptors (Lipinski definition) is 6. The van der Waals surface area contributed by atoms with Crippen LogP contribution < -0.4 is 10.1 Å². The van der Waals surface area contributed by atoms with Gasteiger partial charge in [0, 0.05) is 12.1 Å². The standard InChI is InChI=1S/C18H24N2O6/c1-25-18(22)13-9-10-16(15(11-13)20(23)24)26-12-17(21)19-14-7-5-3-2-4-6-8-14/h9-11,14H,2-8,12H2,1H3,(H,19,21). The fourth-order valence-corrected chi connectivity index (χ4v) is 3.04. The Morgan fingerprint density at radius 1 is 1.19 bits per heavy atom. The van der Waals surface area contributed by atoms with Crippen molar-refractivity contribution in [3.63, 3.8) is 0 Å². The predicted octanol–water partition coefficient (Wildman–Crippen LogP) is 2.99. The average molecular weight is 364 g/mol. The van der Waals surface area contributed by atoms with Crippen molar-refractivity contribution >= 4 is 17.6 Å². The van der Waals surface area contributed by atoms with Gasteiger partial charge in [-0.05, 0) is 25.0 Å². The van der Waals surface area contributed by atoms with Crippen molar-refractivity contribution in [3.05, 3.63) is 33.9 Å². The number of nitrogens with zero attached hydrogens (tertiary/aromatic N) is 1. The summed E-state index contributed by atoms with van der Waals surface area (Å²) in [5.74, 6) is -1.04. The van der Waals surface area contributed by atoms with E-state index < -0.39 is 10.9 Å². The van der Waals surface area contributed by atoms with E-state index in [4.69, 9.17) is 4.74 Å². The van der Waals surface area contributed by atoms with Crippen LogP contribution in [0.5, 0.6) is 5.75 Å². The molecule has 8 heteroatoms. The van der Waals surface area contributed by atoms with Crippen LogP contribution in [-0.2, 0) is 9.53 Å². The van der Waals surface area contributed by atoms with Crippen LogP contribution in [0.1, 0.15) is 55.3 Å². The Hall–Kier alpha value is -2.64. The highest BCUT2D eigenvalue weighted by molar-refractivity contribution is 5.90. The van der Waals surface area contributed by atoms with Crippen molar-refractivity contribution in [2.24, 2.45) is 0 Å². The van der Waals surface area contributed by atoms with E-state index in [1.165, 1.54) is 38.5 Å². The number of nitro benzene ring substituents is 1. The molecule has 142 valence electrons. The Balaban J connectivity index is 1.95. The van der Waals surface area contributed by atoms with Gasteiger partial charge in [0.1, 0.15) is 0 Å². The summed E-state index contributed by atoms with van der Waals surface area (Å²) in [6.07, 6.45) is 7.68. The lowest BCUT2D eigenvalue weighted by Crippen LogP contribution is -2.38. The molecule has 1 fully saturated rings. The summed E-state index contributed by atoms with van der Waals surface area (Å²) in [5, 5.41) is 14.1. The van der Waals surface area contributed by atoms with Crippen LogP contribution in [0.25, 0.3) is 0 Å². The number of rotatable bonds is 6. The van der Waals surface area contributed by atoms with Gasteiger partial charge in [0.05, 0.1) is 17.6 Å². The Morgan fingerprint density at radius 2 is 1.85 bits per heavy atom. The van der Waals surface area contributed by atoms with E-state index in [1.54, 1.807) is 0 Å². The van der Waals surface area contributed by atoms with E-state index in [0.717, 1.165) is 31.7 Å². The minimum atomic E-state index is -0.679. The molecule has 1 aromatic rings. The van der Waals surface area contributed by atoms with Crippen LogP contribution in [0.15, 0.2) is 18.2 Å². The zero-order valence-corrected chi connectivity index (χ0v) is 14.9. The van der Waals surface area contributed by atoms with Crippen molar-refractivity contribution in [1.29, 1.82) is 0 Å². The number of methoxy groups -OCH3 is 1. The first-order valence-corrected chi connectivity index (χ1v) is 8.80. The topological polar surface area (TPSA) is 108 Å². The maximum Gasteiger partial charge on any atom is 0.338 e. The number of benzene rings is 1. The third-order valence-corrected chi connectivity index (χ3v) is 4.41. The second kappa shape index (κ2) is 9.74. The van der Waals surface area contributed by atoms with E-state index in [2.05, 4.69) is 10.1 Å². The van der Waals surface area contributed by atoms with E-state index in [9.17, 15) is 19.7 Å². The summed E-state index contributed by atoms with van der Waals surface area (Å²) in [5.41, 5.74) is -0.336. The molecule has 0 heterocycles. The smallest absolute Gasteiger partial charge is 0.338 e. The molecule has 1 aliphatic rings. The number of nitrogens with one attached hydrogen (secondary N) is 1. The minimum absolute atomic E-state index is 0.0468. The van der Waals surface area contributed by atoms with Gasteiger partial charge in [-0.15, -0.1) is 0 Å². The largest absolute Gasteiger partial charge is 0.477 e. The first kappa shape index (κ1) is 19.7. The zero-order chi connectivity index (χ0) is 18.9. The molecule has 26 heavy (non-hydrogen) atoms. The summed E-state index contributed by atoms with van der Waals surface area (Å²) in [4.78, 5) is 34.1. The molecule has 0 atom stereocenters. The molecule has 1 aliphatic carbocycles. The first-order chi connectivity index (χ1) is 12.5. The molecule has 8 nitrogen and oxygen atoms in total. The Morgan fingerprint density at radius 3 is 2.46 bits per heavy atom. The average Bonchev–Trinajstić information content (AvgIpc) is 2.61. The van der Waals surface area contributed by atoms with Crippen LogP contribution in [0.2, 0.25) is 0 Å². The van der Waals surface area contributed by atoms with Gasteiger partial charge in [-0.25, -0.2) is 4.79 Å². The van der Waals surface area contributed by atoms with Gasteiger partial charge < -0.3 is 14.8 Å². The van der Waals surface area contributed by atoms with Crippen LogP contribution in [0.4, 0.5) is 5.69 Å². The summed E-state index contributed by atoms with van der Waals surface area (Å²) in [6.45, 7) is -0.311. The molecule has 0 saturated heterocycles. The number of amides is 1. The molecule has 0 aromatic heterocycles. The Labute approximate surface area is 152 Å². The van der Waals surface area contributed by atoms with Gasteiger partial charge in [0.15, 0.2) is 12.4 Å². The van der Waals surface area contributed by atoms with Crippen molar-refractivity contribution < 1.29 is 24.0 Å². The maximum atomic E-state index is 12.1. The van der Waals surface area contributed by atoms with E-state index in [1.807, 2.05) is 0 Å². The lowest BCUT2D eigenvalue weighted by molar-refractivity contribution is -0.385. The molecule has 0 radical (unpaired) electrons. The first-order valence-electron chi connectivity index (χ1n) is 8.80. The summed E-state index contributed by atoms with van der Waals surface area (Å²) >= 11 is 0. The van der Waals surface area contributed by atoms with Crippen LogP contribution in [0.3, 0.4) is 0 Å². The van der Waals surface area contributed by atoms with Gasteiger partial charge in [0.25, 0.3) is 5.91 Å². The van der Waals surface area contributed by atoms with Crippen LogP contribution in [-0.4, -0.2) is 36.6 Å². The third kappa shape index (κ3) is 5.72. The number of esters is 1. The molecule has 0 bridgehead atoms. The van der Waals surface area contributed by atoms with Crippen LogP contribution >= 0.6 is 0 Å². The van der Waals surface area contributed by atoms with Gasteiger partial charge in [-0.3, -0.25) is 14.9 Å². The fraction of sp³-hybridized carbons (Fsp3) is 0.556. The van der Waals surface area contributed by atoms with Crippen molar-refractivity contribution in [2.75, 3.05) is 13.7 Å². The number of carbonyl (C=O) groups excluding carboxylic acids is 2. The lowest BCUT2D eigenvalue weighted by atomic mass is 9.97. The molecule has 2 rings (SSSR count). The van der Waals surface area contributed by atoms with Gasteiger partial charge in [-0.1, -0.05) is 32.1 Å². The van der Waals surface area contributed by atoms with Crippen molar-refractivity contribution in [3.8, 4) is 5.75 Å². The SMILES string of the molecule is COC(=O)c1ccc(OCC(=O)NC2CCCCCCC2)c([N+](=O)[O-])c1. The van der Waals surface area contributed by atoms with Gasteiger partial charge in [0.2, 0.25) is 0 Å². The summed E-state index contributed by atoms with van der Waals surface area (Å²) in [6, 6.07) is 3.87. The lowest BCUT2D eigenvalue weighted by Gasteiger charge is -2.21. The van der Waals surface area contributed by atoms with E-state index >= 15 is 0 Å². The monoisotopic (exact) mass is 364 g/mol. The summed E-state index contributed by atoms with van der Waals surface area (Å²) < 4.78 is 9.87. The predicted molar refractivity (Wildman–Crippen MR) is 94.2 cm³/mol. The minimum Gasteiger partial charge on any atom is -0.477 e. The van der Waals surface area contributed by atoms with E-state index in [-0.39, 0.29) is 35.6 Å². The highest BCUT2D eigenvalue weighted by Crippen LogP contribution is 2.28. The molecule has 1 aromatic carbocycles. The second-order valence-electron chi connectivity index (χ2n) is 6.33. The molecule has 0 aliphatic heterocycles. The highest BCUT2D eigenvalue weighted by Gasteiger charge is 2.21. The number of hydrogen-bond donors (Lipinski definition) is 1. The van der Waals surface area contributed by atoms with E-state index in [0.29, 0.717) is 0 Å². The molecule has 1 saturated carbocycles. The maximum absolute atomic E-state index is 12.1. The molecular formula is C18H24N2O6. The zero-order valence-electron chi connectivity index (χ0n) is 14.9. The molecule has 0 spiro atoms. The van der Waals surface area contributed by atoms with Crippen LogP contribution in [0, 0.1) is 10.1 Å². The Kier molecular flexibility index (Phi) is 7.37. The number of nitro groups is 1. The van der Waals surface area contributed by atoms with Crippen molar-refractivity contribution in [1.82, 2.24) is 5.32 Å². The quantitative estimate of drug-likeness (QED) is 0.472. The molecule has 1 amide bonds. The number of ether oxygens (including phenoxy) is 2. The summed E-state index contributed by atoms with van der Waals surface area (Å²) in [7, 11) is 1.19. The van der Waals surface area contributed by atoms with Crippen molar-refractivity contribution in [2.45, 2.75) is 51.0 Å². The third-order valence-electron chi connectivity index (χ3n) is 4.41.